The molecule has 0 atom stereocenters. The number of nitrogens with zero attached hydrogens (tertiary/aromatic N) is 1. The molecule has 0 fully saturated rings. The minimum Gasteiger partial charge on any atom is -0.357 e. The van der Waals surface area contributed by atoms with Crippen LogP contribution < -0.4 is 9.30 Å². The quantitative estimate of drug-likeness (QED) is 0.491. The van der Waals surface area contributed by atoms with Crippen molar-refractivity contribution in [1.29, 1.82) is 0 Å². The number of aromatic nitrogens is 2. The van der Waals surface area contributed by atoms with Crippen molar-refractivity contribution in [2.24, 2.45) is 0 Å². The normalized spacial score (nSPS) is 9.64. The summed E-state index contributed by atoms with van der Waals surface area (Å²) < 4.78 is 6.65. The Hall–Kier alpha value is -1.32. The number of nitrogens with one attached hydrogen (secondary N) is 1. The van der Waals surface area contributed by atoms with Crippen molar-refractivity contribution in [3.63, 3.8) is 0 Å². The van der Waals surface area contributed by atoms with Gasteiger partial charge in [-0.1, -0.05) is 0 Å². The maximum atomic E-state index is 10.5. The summed E-state index contributed by atoms with van der Waals surface area (Å²) in [5.41, 5.74) is 0. The number of carbonyl (C=O) groups is 1. The lowest BCUT2D eigenvalue weighted by Crippen LogP contribution is -2.32. The van der Waals surface area contributed by atoms with Crippen LogP contribution in [0.5, 0.6) is 6.01 Å². The Labute approximate surface area is 64.8 Å². The van der Waals surface area contributed by atoms with Gasteiger partial charge in [0, 0.05) is 6.92 Å². The van der Waals surface area contributed by atoms with Crippen LogP contribution in [0.3, 0.4) is 0 Å². The van der Waals surface area contributed by atoms with Crippen molar-refractivity contribution in [3.8, 4) is 6.01 Å². The maximum Gasteiger partial charge on any atom is 0.461 e. The third-order valence-corrected chi connectivity index (χ3v) is 1.30. The minimum atomic E-state index is -0.311. The summed E-state index contributed by atoms with van der Waals surface area (Å²) in [4.78, 5) is 13.3. The highest BCUT2D eigenvalue weighted by molar-refractivity contribution is 5.67. The van der Waals surface area contributed by atoms with Crippen LogP contribution in [0.25, 0.3) is 0 Å². The van der Waals surface area contributed by atoms with Gasteiger partial charge in [-0.2, -0.15) is 4.57 Å². The Kier molecular flexibility index (Phi) is 2.25. The molecule has 0 saturated carbocycles. The average Bonchev–Trinajstić information content (AvgIpc) is 2.34. The van der Waals surface area contributed by atoms with Gasteiger partial charge in [-0.25, -0.2) is 4.98 Å². The van der Waals surface area contributed by atoms with E-state index in [2.05, 4.69) is 4.98 Å². The summed E-state index contributed by atoms with van der Waals surface area (Å²) in [5.74, 6) is -0.311. The Bertz CT molecular complexity index is 255. The number of H-pyrrole nitrogens is 1. The molecule has 4 heteroatoms. The molecule has 1 N–H and O–H groups in total. The van der Waals surface area contributed by atoms with E-state index in [4.69, 9.17) is 4.74 Å². The van der Waals surface area contributed by atoms with E-state index in [1.54, 1.807) is 10.8 Å². The fourth-order valence-electron chi connectivity index (χ4n) is 0.822. The average molecular weight is 155 g/mol. The van der Waals surface area contributed by atoms with Gasteiger partial charge >= 0.3 is 12.0 Å². The molecule has 0 bridgehead atoms. The highest BCUT2D eigenvalue weighted by Gasteiger charge is 2.11. The minimum absolute atomic E-state index is 0.311. The molecular formula is C7H11N2O2+. The van der Waals surface area contributed by atoms with Gasteiger partial charge in [0.15, 0.2) is 0 Å². The maximum absolute atomic E-state index is 10.5. The lowest BCUT2D eigenvalue weighted by atomic mass is 10.7. The van der Waals surface area contributed by atoms with E-state index in [0.29, 0.717) is 6.01 Å². The molecule has 11 heavy (non-hydrogen) atoms. The molecule has 1 rings (SSSR count). The molecule has 0 saturated heterocycles. The van der Waals surface area contributed by atoms with E-state index >= 15 is 0 Å². The molecule has 1 heterocycles. The van der Waals surface area contributed by atoms with Crippen LogP contribution in [0.15, 0.2) is 12.4 Å². The monoisotopic (exact) mass is 155 g/mol. The van der Waals surface area contributed by atoms with E-state index in [-0.39, 0.29) is 5.97 Å². The lowest BCUT2D eigenvalue weighted by Gasteiger charge is -1.94. The zero-order chi connectivity index (χ0) is 8.27. The summed E-state index contributed by atoms with van der Waals surface area (Å²) in [5, 5.41) is 0. The standard InChI is InChI=1S/C7H10N2O2/c1-3-9-5-4-8-7(9)11-6(2)10/h4-5H,3H2,1-2H3/p+1. The third kappa shape index (κ3) is 1.80. The van der Waals surface area contributed by atoms with Crippen molar-refractivity contribution in [2.75, 3.05) is 0 Å². The number of esters is 1. The molecule has 0 aliphatic carbocycles. The summed E-state index contributed by atoms with van der Waals surface area (Å²) in [6, 6.07) is 0.486. The van der Waals surface area contributed by atoms with E-state index in [1.165, 1.54) is 6.92 Å². The van der Waals surface area contributed by atoms with Crippen LogP contribution in [-0.4, -0.2) is 11.0 Å². The second kappa shape index (κ2) is 3.18. The van der Waals surface area contributed by atoms with E-state index in [0.717, 1.165) is 6.54 Å². The second-order valence-corrected chi connectivity index (χ2v) is 2.14. The van der Waals surface area contributed by atoms with Gasteiger partial charge in [0.25, 0.3) is 0 Å². The van der Waals surface area contributed by atoms with Crippen LogP contribution in [0.4, 0.5) is 0 Å². The lowest BCUT2D eigenvalue weighted by molar-refractivity contribution is -0.695. The smallest absolute Gasteiger partial charge is 0.357 e. The topological polar surface area (TPSA) is 46.0 Å². The molecule has 0 aliphatic heterocycles. The fourth-order valence-corrected chi connectivity index (χ4v) is 0.822. The largest absolute Gasteiger partial charge is 0.461 e. The van der Waals surface area contributed by atoms with Crippen molar-refractivity contribution in [2.45, 2.75) is 20.4 Å². The summed E-state index contributed by atoms with van der Waals surface area (Å²) in [7, 11) is 0. The van der Waals surface area contributed by atoms with Crippen LogP contribution in [0.1, 0.15) is 13.8 Å². The first-order valence-electron chi connectivity index (χ1n) is 3.49. The molecular weight excluding hydrogens is 144 g/mol. The SMILES string of the molecule is CC[n+]1cc[nH]c1OC(C)=O. The van der Waals surface area contributed by atoms with Crippen molar-refractivity contribution >= 4 is 5.97 Å². The predicted octanol–water partition coefficient (Wildman–Crippen LogP) is 0.247. The van der Waals surface area contributed by atoms with Gasteiger partial charge in [-0.3, -0.25) is 4.79 Å². The number of ether oxygens (including phenoxy) is 1. The van der Waals surface area contributed by atoms with Gasteiger partial charge in [0.2, 0.25) is 0 Å². The number of carbonyl (C=O) groups excluding carboxylic acids is 1. The van der Waals surface area contributed by atoms with Crippen LogP contribution in [0, 0.1) is 0 Å². The first-order valence-corrected chi connectivity index (χ1v) is 3.49. The first-order chi connectivity index (χ1) is 5.24. The van der Waals surface area contributed by atoms with Gasteiger partial charge in [-0.05, 0) is 6.92 Å². The highest BCUT2D eigenvalue weighted by atomic mass is 16.5. The van der Waals surface area contributed by atoms with Crippen LogP contribution >= 0.6 is 0 Å². The van der Waals surface area contributed by atoms with E-state index in [9.17, 15) is 4.79 Å². The molecule has 0 spiro atoms. The summed E-state index contributed by atoms with van der Waals surface area (Å²) >= 11 is 0. The molecule has 4 nitrogen and oxygen atoms in total. The fraction of sp³-hybridized carbons (Fsp3) is 0.429. The molecule has 1 aromatic rings. The molecule has 1 aromatic heterocycles. The van der Waals surface area contributed by atoms with Crippen LogP contribution in [0.2, 0.25) is 0 Å². The molecule has 0 unspecified atom stereocenters. The number of aryl methyl sites for hydroxylation is 1. The number of hydrogen-bond donors (Lipinski definition) is 1. The Morgan fingerprint density at radius 1 is 1.82 bits per heavy atom. The summed E-state index contributed by atoms with van der Waals surface area (Å²) in [6.45, 7) is 4.13. The summed E-state index contributed by atoms with van der Waals surface area (Å²) in [6.07, 6.45) is 3.54. The second-order valence-electron chi connectivity index (χ2n) is 2.14. The molecule has 0 aliphatic rings. The van der Waals surface area contributed by atoms with Crippen molar-refractivity contribution < 1.29 is 14.1 Å². The van der Waals surface area contributed by atoms with Gasteiger partial charge in [0.05, 0.1) is 6.54 Å². The number of hydrogen-bond acceptors (Lipinski definition) is 2. The molecule has 60 valence electrons. The first kappa shape index (κ1) is 7.78. The Balaban J connectivity index is 2.76. The third-order valence-electron chi connectivity index (χ3n) is 1.30. The van der Waals surface area contributed by atoms with Crippen molar-refractivity contribution in [3.05, 3.63) is 12.4 Å². The Morgan fingerprint density at radius 3 is 3.09 bits per heavy atom. The van der Waals surface area contributed by atoms with E-state index in [1.807, 2.05) is 13.1 Å². The van der Waals surface area contributed by atoms with Gasteiger partial charge in [-0.15, -0.1) is 0 Å². The van der Waals surface area contributed by atoms with E-state index < -0.39 is 0 Å². The molecule has 0 amide bonds. The zero-order valence-electron chi connectivity index (χ0n) is 6.63. The predicted molar refractivity (Wildman–Crippen MR) is 38.0 cm³/mol. The van der Waals surface area contributed by atoms with Crippen LogP contribution in [-0.2, 0) is 11.3 Å². The Morgan fingerprint density at radius 2 is 2.55 bits per heavy atom. The van der Waals surface area contributed by atoms with Crippen molar-refractivity contribution in [1.82, 2.24) is 4.98 Å². The number of rotatable bonds is 2. The number of imidazole rings is 1. The van der Waals surface area contributed by atoms with Gasteiger partial charge in [0.1, 0.15) is 12.4 Å². The molecule has 0 radical (unpaired) electrons. The zero-order valence-corrected chi connectivity index (χ0v) is 6.63. The highest BCUT2D eigenvalue weighted by Crippen LogP contribution is 1.96. The van der Waals surface area contributed by atoms with Gasteiger partial charge < -0.3 is 4.74 Å². The molecule has 0 aromatic carbocycles. The number of aromatic amines is 1.